The second-order valence-corrected chi connectivity index (χ2v) is 17.4. The summed E-state index contributed by atoms with van der Waals surface area (Å²) in [4.78, 5) is 38.0. The topological polar surface area (TPSA) is 78.9 Å². The summed E-state index contributed by atoms with van der Waals surface area (Å²) < 4.78 is 16.7. The molecule has 0 aromatic heterocycles. The second-order valence-electron chi connectivity index (χ2n) is 17.4. The molecule has 0 radical (unpaired) electrons. The Morgan fingerprint density at radius 3 is 1.02 bits per heavy atom. The molecule has 362 valence electrons. The lowest BCUT2D eigenvalue weighted by atomic mass is 10.1. The van der Waals surface area contributed by atoms with Gasteiger partial charge in [0.05, 0.1) is 0 Å². The molecule has 0 unspecified atom stereocenters. The van der Waals surface area contributed by atoms with Gasteiger partial charge in [0, 0.05) is 19.3 Å². The van der Waals surface area contributed by atoms with Crippen LogP contribution in [0.1, 0.15) is 252 Å². The Balaban J connectivity index is 4.48. The summed E-state index contributed by atoms with van der Waals surface area (Å²) in [5, 5.41) is 0. The average Bonchev–Trinajstić information content (AvgIpc) is 3.28. The minimum Gasteiger partial charge on any atom is -0.462 e. The summed E-state index contributed by atoms with van der Waals surface area (Å²) in [7, 11) is 0. The van der Waals surface area contributed by atoms with Gasteiger partial charge in [0.25, 0.3) is 0 Å². The van der Waals surface area contributed by atoms with E-state index in [0.29, 0.717) is 19.3 Å². The van der Waals surface area contributed by atoms with Crippen LogP contribution < -0.4 is 0 Å². The van der Waals surface area contributed by atoms with E-state index < -0.39 is 6.10 Å². The maximum absolute atomic E-state index is 12.8. The Labute approximate surface area is 389 Å². The fourth-order valence-electron chi connectivity index (χ4n) is 7.13. The second kappa shape index (κ2) is 51.5. The number of carbonyl (C=O) groups excluding carboxylic acids is 3. The molecule has 0 aliphatic rings. The third-order valence-electron chi connectivity index (χ3n) is 11.2. The molecular weight excluding hydrogens is 781 g/mol. The first-order valence-electron chi connectivity index (χ1n) is 26.4. The average molecular weight is 879 g/mol. The van der Waals surface area contributed by atoms with Crippen LogP contribution in [-0.2, 0) is 28.6 Å². The van der Waals surface area contributed by atoms with Crippen LogP contribution >= 0.6 is 0 Å². The molecule has 6 nitrogen and oxygen atoms in total. The van der Waals surface area contributed by atoms with Crippen molar-refractivity contribution in [3.05, 3.63) is 72.9 Å². The monoisotopic (exact) mass is 879 g/mol. The fraction of sp³-hybridized carbons (Fsp3) is 0.737. The third-order valence-corrected chi connectivity index (χ3v) is 11.2. The number of hydrogen-bond acceptors (Lipinski definition) is 6. The Morgan fingerprint density at radius 1 is 0.317 bits per heavy atom. The van der Waals surface area contributed by atoms with E-state index >= 15 is 0 Å². The molecular formula is C57H98O6. The van der Waals surface area contributed by atoms with E-state index in [-0.39, 0.29) is 37.5 Å². The summed E-state index contributed by atoms with van der Waals surface area (Å²) in [5.41, 5.74) is 0. The molecule has 0 amide bonds. The summed E-state index contributed by atoms with van der Waals surface area (Å²) in [6, 6.07) is 0. The van der Waals surface area contributed by atoms with Crippen molar-refractivity contribution < 1.29 is 28.6 Å². The van der Waals surface area contributed by atoms with Crippen LogP contribution in [0.15, 0.2) is 72.9 Å². The normalized spacial score (nSPS) is 12.6. The molecule has 0 heterocycles. The van der Waals surface area contributed by atoms with Crippen LogP contribution in [0.5, 0.6) is 0 Å². The minimum atomic E-state index is -0.805. The highest BCUT2D eigenvalue weighted by Crippen LogP contribution is 2.13. The van der Waals surface area contributed by atoms with Crippen LogP contribution in [0.4, 0.5) is 0 Å². The van der Waals surface area contributed by atoms with Crippen LogP contribution in [0.25, 0.3) is 0 Å². The smallest absolute Gasteiger partial charge is 0.306 e. The number of ether oxygens (including phenoxy) is 3. The van der Waals surface area contributed by atoms with Gasteiger partial charge in [-0.1, -0.05) is 196 Å². The SMILES string of the molecule is CCCCC/C=C\C/C=C\CCCCCCCC(=O)OC[C@H](COC(=O)CCC/C=C\C/C=C\C/C=C\CCCCCCCC)OC(=O)CCCCCCC/C=C\CCCCCC. The van der Waals surface area contributed by atoms with Crippen molar-refractivity contribution >= 4 is 17.9 Å². The molecule has 0 aromatic carbocycles. The highest BCUT2D eigenvalue weighted by molar-refractivity contribution is 5.71. The molecule has 0 bridgehead atoms. The Bertz CT molecular complexity index is 1190. The maximum Gasteiger partial charge on any atom is 0.306 e. The summed E-state index contributed by atoms with van der Waals surface area (Å²) in [6.07, 6.45) is 64.6. The van der Waals surface area contributed by atoms with Gasteiger partial charge in [-0.15, -0.1) is 0 Å². The summed E-state index contributed by atoms with van der Waals surface area (Å²) >= 11 is 0. The van der Waals surface area contributed by atoms with E-state index in [1.54, 1.807) is 0 Å². The largest absolute Gasteiger partial charge is 0.462 e. The fourth-order valence-corrected chi connectivity index (χ4v) is 7.13. The van der Waals surface area contributed by atoms with Crippen molar-refractivity contribution in [3.8, 4) is 0 Å². The number of esters is 3. The summed E-state index contributed by atoms with van der Waals surface area (Å²) in [5.74, 6) is -0.976. The molecule has 0 fully saturated rings. The van der Waals surface area contributed by atoms with E-state index in [1.165, 1.54) is 109 Å². The van der Waals surface area contributed by atoms with Gasteiger partial charge in [-0.05, 0) is 109 Å². The maximum atomic E-state index is 12.8. The van der Waals surface area contributed by atoms with Gasteiger partial charge in [-0.2, -0.15) is 0 Å². The van der Waals surface area contributed by atoms with Gasteiger partial charge in [0.1, 0.15) is 13.2 Å². The number of allylic oxidation sites excluding steroid dienone is 12. The zero-order valence-electron chi connectivity index (χ0n) is 41.3. The number of carbonyl (C=O) groups is 3. The predicted octanol–water partition coefficient (Wildman–Crippen LogP) is 17.4. The Kier molecular flexibility index (Phi) is 48.9. The number of unbranched alkanes of at least 4 members (excludes halogenated alkanes) is 24. The van der Waals surface area contributed by atoms with E-state index in [0.717, 1.165) is 96.3 Å². The summed E-state index contributed by atoms with van der Waals surface area (Å²) in [6.45, 7) is 6.53. The molecule has 0 saturated carbocycles. The standard InChI is InChI=1S/C57H98O6/c1-4-7-10-13-16-19-22-25-27-28-30-33-35-38-41-44-47-50-56(59)62-53-54(63-57(60)51-48-45-42-39-36-31-24-21-18-15-12-9-6-3)52-61-55(58)49-46-43-40-37-34-32-29-26-23-20-17-14-11-8-5-2/h17,20-21,24-27,29-30,33,38,41,54H,4-16,18-19,22-23,28,31-32,34-37,39-40,42-53H2,1-3H3/b20-17-,24-21-,27-25-,29-26-,33-30-,41-38-/t54-/m1/s1. The van der Waals surface area contributed by atoms with Crippen molar-refractivity contribution in [2.24, 2.45) is 0 Å². The Morgan fingerprint density at radius 2 is 0.587 bits per heavy atom. The predicted molar refractivity (Wildman–Crippen MR) is 270 cm³/mol. The van der Waals surface area contributed by atoms with Crippen LogP contribution in [-0.4, -0.2) is 37.2 Å². The molecule has 0 spiro atoms. The molecule has 0 aliphatic carbocycles. The van der Waals surface area contributed by atoms with Crippen molar-refractivity contribution in [2.45, 2.75) is 258 Å². The number of rotatable bonds is 47. The molecule has 0 saturated heterocycles. The van der Waals surface area contributed by atoms with Gasteiger partial charge in [-0.3, -0.25) is 14.4 Å². The lowest BCUT2D eigenvalue weighted by molar-refractivity contribution is -0.167. The van der Waals surface area contributed by atoms with Crippen molar-refractivity contribution in [1.29, 1.82) is 0 Å². The van der Waals surface area contributed by atoms with Crippen molar-refractivity contribution in [3.63, 3.8) is 0 Å². The van der Waals surface area contributed by atoms with Crippen LogP contribution in [0.2, 0.25) is 0 Å². The van der Waals surface area contributed by atoms with E-state index in [9.17, 15) is 14.4 Å². The first-order valence-corrected chi connectivity index (χ1v) is 26.4. The molecule has 63 heavy (non-hydrogen) atoms. The first kappa shape index (κ1) is 59.9. The first-order chi connectivity index (χ1) is 31.0. The molecule has 0 aromatic rings. The highest BCUT2D eigenvalue weighted by Gasteiger charge is 2.19. The van der Waals surface area contributed by atoms with E-state index in [1.807, 2.05) is 0 Å². The van der Waals surface area contributed by atoms with Gasteiger partial charge in [-0.25, -0.2) is 0 Å². The van der Waals surface area contributed by atoms with Crippen LogP contribution in [0, 0.1) is 0 Å². The quantitative estimate of drug-likeness (QED) is 0.0262. The highest BCUT2D eigenvalue weighted by atomic mass is 16.6. The lowest BCUT2D eigenvalue weighted by Crippen LogP contribution is -2.30. The third kappa shape index (κ3) is 49.7. The Hall–Kier alpha value is -3.15. The number of hydrogen-bond donors (Lipinski definition) is 0. The van der Waals surface area contributed by atoms with Gasteiger partial charge >= 0.3 is 17.9 Å². The van der Waals surface area contributed by atoms with E-state index in [4.69, 9.17) is 14.2 Å². The lowest BCUT2D eigenvalue weighted by Gasteiger charge is -2.18. The van der Waals surface area contributed by atoms with E-state index in [2.05, 4.69) is 93.7 Å². The molecule has 0 N–H and O–H groups in total. The van der Waals surface area contributed by atoms with Crippen molar-refractivity contribution in [1.82, 2.24) is 0 Å². The molecule has 0 aliphatic heterocycles. The zero-order chi connectivity index (χ0) is 45.8. The zero-order valence-corrected chi connectivity index (χ0v) is 41.3. The molecule has 1 atom stereocenters. The van der Waals surface area contributed by atoms with Gasteiger partial charge in [0.2, 0.25) is 0 Å². The van der Waals surface area contributed by atoms with Crippen molar-refractivity contribution in [2.75, 3.05) is 13.2 Å². The molecule has 0 rings (SSSR count). The van der Waals surface area contributed by atoms with Crippen LogP contribution in [0.3, 0.4) is 0 Å². The van der Waals surface area contributed by atoms with Gasteiger partial charge in [0.15, 0.2) is 6.10 Å². The minimum absolute atomic E-state index is 0.102. The molecule has 6 heteroatoms. The van der Waals surface area contributed by atoms with Gasteiger partial charge < -0.3 is 14.2 Å².